The van der Waals surface area contributed by atoms with Crippen LogP contribution in [0.1, 0.15) is 11.7 Å². The third-order valence-electron chi connectivity index (χ3n) is 2.11. The van der Waals surface area contributed by atoms with E-state index in [1.165, 1.54) is 0 Å². The van der Waals surface area contributed by atoms with Crippen LogP contribution in [0.25, 0.3) is 0 Å². The maximum atomic E-state index is 9.20. The van der Waals surface area contributed by atoms with Gasteiger partial charge in [0.15, 0.2) is 0 Å². The summed E-state index contributed by atoms with van der Waals surface area (Å²) in [6.45, 7) is 1.45. The second-order valence-electron chi connectivity index (χ2n) is 3.25. The molecule has 0 aromatic heterocycles. The maximum absolute atomic E-state index is 9.20. The Balaban J connectivity index is 2.27. The van der Waals surface area contributed by atoms with Crippen LogP contribution in [-0.2, 0) is 9.47 Å². The molecule has 0 amide bonds. The summed E-state index contributed by atoms with van der Waals surface area (Å²) in [6.07, 6.45) is -0.277. The number of rotatable bonds is 8. The first-order valence-corrected chi connectivity index (χ1v) is 5.83. The molecular weight excluding hydrogens is 228 g/mol. The molecule has 1 rings (SSSR count). The van der Waals surface area contributed by atoms with Gasteiger partial charge in [-0.1, -0.05) is 30.3 Å². The summed E-state index contributed by atoms with van der Waals surface area (Å²) < 4.78 is 10.7. The van der Waals surface area contributed by atoms with Crippen LogP contribution in [0.15, 0.2) is 30.3 Å². The zero-order valence-corrected chi connectivity index (χ0v) is 9.90. The minimum absolute atomic E-state index is 0.0283. The monoisotopic (exact) mass is 244 g/mol. The van der Waals surface area contributed by atoms with Crippen LogP contribution in [0.5, 0.6) is 0 Å². The Morgan fingerprint density at radius 1 is 1.12 bits per heavy atom. The molecule has 0 saturated heterocycles. The van der Waals surface area contributed by atoms with Crippen molar-refractivity contribution in [2.45, 2.75) is 6.10 Å². The van der Waals surface area contributed by atoms with Gasteiger partial charge < -0.3 is 14.6 Å². The molecule has 0 bridgehead atoms. The van der Waals surface area contributed by atoms with E-state index < -0.39 is 0 Å². The van der Waals surface area contributed by atoms with Crippen LogP contribution in [0.3, 0.4) is 0 Å². The average Bonchev–Trinajstić information content (AvgIpc) is 2.35. The van der Waals surface area contributed by atoms with Crippen molar-refractivity contribution in [2.24, 2.45) is 0 Å². The van der Waals surface area contributed by atoms with E-state index in [0.717, 1.165) is 5.56 Å². The second-order valence-corrected chi connectivity index (χ2v) is 3.63. The number of benzene rings is 1. The molecule has 1 unspecified atom stereocenters. The van der Waals surface area contributed by atoms with Crippen molar-refractivity contribution < 1.29 is 14.6 Å². The lowest BCUT2D eigenvalue weighted by molar-refractivity contribution is -0.0184. The molecule has 90 valence electrons. The van der Waals surface area contributed by atoms with Gasteiger partial charge in [-0.05, 0) is 5.56 Å². The van der Waals surface area contributed by atoms with Crippen molar-refractivity contribution in [2.75, 3.05) is 32.3 Å². The van der Waals surface area contributed by atoms with E-state index in [2.05, 4.69) is 0 Å². The average molecular weight is 245 g/mol. The van der Waals surface area contributed by atoms with Crippen molar-refractivity contribution in [1.29, 1.82) is 0 Å². The molecular formula is C12H17ClO3. The number of halogens is 1. The molecule has 1 aromatic carbocycles. The van der Waals surface area contributed by atoms with E-state index in [4.69, 9.17) is 21.1 Å². The fourth-order valence-electron chi connectivity index (χ4n) is 1.33. The summed E-state index contributed by atoms with van der Waals surface area (Å²) in [4.78, 5) is 0. The number of hydrogen-bond acceptors (Lipinski definition) is 3. The third-order valence-corrected chi connectivity index (χ3v) is 2.26. The summed E-state index contributed by atoms with van der Waals surface area (Å²) in [5, 5.41) is 9.20. The van der Waals surface area contributed by atoms with E-state index >= 15 is 0 Å². The molecule has 0 aliphatic heterocycles. The number of ether oxygens (including phenoxy) is 2. The minimum Gasteiger partial charge on any atom is -0.393 e. The highest BCUT2D eigenvalue weighted by Crippen LogP contribution is 2.15. The minimum atomic E-state index is -0.277. The predicted octanol–water partition coefficient (Wildman–Crippen LogP) is 1.99. The zero-order chi connectivity index (χ0) is 11.6. The maximum Gasteiger partial charge on any atom is 0.106 e. The van der Waals surface area contributed by atoms with Gasteiger partial charge in [0.25, 0.3) is 0 Å². The lowest BCUT2D eigenvalue weighted by Gasteiger charge is -2.15. The summed E-state index contributed by atoms with van der Waals surface area (Å²) in [5.41, 5.74) is 0.974. The van der Waals surface area contributed by atoms with E-state index in [1.807, 2.05) is 30.3 Å². The van der Waals surface area contributed by atoms with Gasteiger partial charge in [-0.2, -0.15) is 0 Å². The Morgan fingerprint density at radius 3 is 2.50 bits per heavy atom. The molecule has 16 heavy (non-hydrogen) atoms. The zero-order valence-electron chi connectivity index (χ0n) is 9.14. The largest absolute Gasteiger partial charge is 0.393 e. The summed E-state index contributed by atoms with van der Waals surface area (Å²) in [7, 11) is 0. The van der Waals surface area contributed by atoms with E-state index in [-0.39, 0.29) is 12.7 Å². The van der Waals surface area contributed by atoms with Crippen molar-refractivity contribution in [3.63, 3.8) is 0 Å². The second kappa shape index (κ2) is 8.53. The Bertz CT molecular complexity index is 266. The molecule has 1 aromatic rings. The molecule has 0 aliphatic carbocycles. The number of aliphatic hydroxyl groups excluding tert-OH is 1. The Kier molecular flexibility index (Phi) is 7.17. The first kappa shape index (κ1) is 13.5. The van der Waals surface area contributed by atoms with Crippen molar-refractivity contribution in [3.8, 4) is 0 Å². The van der Waals surface area contributed by atoms with Gasteiger partial charge in [0.05, 0.1) is 26.4 Å². The molecule has 1 atom stereocenters. The van der Waals surface area contributed by atoms with Crippen LogP contribution in [0.4, 0.5) is 0 Å². The van der Waals surface area contributed by atoms with Crippen LogP contribution < -0.4 is 0 Å². The van der Waals surface area contributed by atoms with Gasteiger partial charge in [-0.15, -0.1) is 11.6 Å². The SMILES string of the molecule is OCC(OCCOCCCl)c1ccccc1. The fraction of sp³-hybridized carbons (Fsp3) is 0.500. The molecule has 0 spiro atoms. The molecule has 4 heteroatoms. The highest BCUT2D eigenvalue weighted by molar-refractivity contribution is 6.17. The van der Waals surface area contributed by atoms with Crippen LogP contribution >= 0.6 is 11.6 Å². The standard InChI is InChI=1S/C12H17ClO3/c13-6-7-15-8-9-16-12(10-14)11-4-2-1-3-5-11/h1-5,12,14H,6-10H2. The molecule has 1 N–H and O–H groups in total. The number of hydrogen-bond donors (Lipinski definition) is 1. The van der Waals surface area contributed by atoms with Gasteiger partial charge in [0.1, 0.15) is 6.10 Å². The van der Waals surface area contributed by atoms with Crippen molar-refractivity contribution in [1.82, 2.24) is 0 Å². The van der Waals surface area contributed by atoms with E-state index in [9.17, 15) is 5.11 Å². The normalized spacial score (nSPS) is 12.6. The summed E-state index contributed by atoms with van der Waals surface area (Å²) in [5.74, 6) is 0.488. The van der Waals surface area contributed by atoms with Gasteiger partial charge in [0, 0.05) is 5.88 Å². The Morgan fingerprint density at radius 2 is 1.88 bits per heavy atom. The molecule has 0 radical (unpaired) electrons. The summed E-state index contributed by atoms with van der Waals surface area (Å²) >= 11 is 5.46. The molecule has 0 heterocycles. The third kappa shape index (κ3) is 4.94. The van der Waals surface area contributed by atoms with E-state index in [0.29, 0.717) is 25.7 Å². The first-order chi connectivity index (χ1) is 7.88. The Labute approximate surface area is 101 Å². The van der Waals surface area contributed by atoms with Gasteiger partial charge in [0.2, 0.25) is 0 Å². The smallest absolute Gasteiger partial charge is 0.106 e. The van der Waals surface area contributed by atoms with Gasteiger partial charge in [-0.25, -0.2) is 0 Å². The van der Waals surface area contributed by atoms with Crippen molar-refractivity contribution in [3.05, 3.63) is 35.9 Å². The lowest BCUT2D eigenvalue weighted by Crippen LogP contribution is -2.13. The van der Waals surface area contributed by atoms with Gasteiger partial charge >= 0.3 is 0 Å². The Hall–Kier alpha value is -0.610. The number of alkyl halides is 1. The quantitative estimate of drug-likeness (QED) is 0.562. The summed E-state index contributed by atoms with van der Waals surface area (Å²) in [6, 6.07) is 9.64. The topological polar surface area (TPSA) is 38.7 Å². The fourth-order valence-corrected chi connectivity index (χ4v) is 1.44. The molecule has 3 nitrogen and oxygen atoms in total. The lowest BCUT2D eigenvalue weighted by atomic mass is 10.1. The number of aliphatic hydroxyl groups is 1. The van der Waals surface area contributed by atoms with Crippen LogP contribution in [-0.4, -0.2) is 37.4 Å². The van der Waals surface area contributed by atoms with E-state index in [1.54, 1.807) is 0 Å². The predicted molar refractivity (Wildman–Crippen MR) is 63.8 cm³/mol. The van der Waals surface area contributed by atoms with Crippen LogP contribution in [0, 0.1) is 0 Å². The molecule has 0 fully saturated rings. The van der Waals surface area contributed by atoms with Crippen LogP contribution in [0.2, 0.25) is 0 Å². The molecule has 0 saturated carbocycles. The van der Waals surface area contributed by atoms with Crippen molar-refractivity contribution >= 4 is 11.6 Å². The first-order valence-electron chi connectivity index (χ1n) is 5.29. The highest BCUT2D eigenvalue weighted by Gasteiger charge is 2.09. The van der Waals surface area contributed by atoms with Gasteiger partial charge in [-0.3, -0.25) is 0 Å². The highest BCUT2D eigenvalue weighted by atomic mass is 35.5. The molecule has 0 aliphatic rings.